The number of hydrogen-bond donors (Lipinski definition) is 1. The Morgan fingerprint density at radius 1 is 1.60 bits per heavy atom. The quantitative estimate of drug-likeness (QED) is 0.753. The van der Waals surface area contributed by atoms with Gasteiger partial charge in [-0.1, -0.05) is 0 Å². The summed E-state index contributed by atoms with van der Waals surface area (Å²) in [5.74, 6) is -0.932. The van der Waals surface area contributed by atoms with E-state index in [2.05, 4.69) is 10.2 Å². The first kappa shape index (κ1) is 9.82. The predicted molar refractivity (Wildman–Crippen MR) is 50.5 cm³/mol. The Hall–Kier alpha value is -1.72. The molecule has 1 saturated carbocycles. The fourth-order valence-electron chi connectivity index (χ4n) is 1.39. The van der Waals surface area contributed by atoms with Gasteiger partial charge < -0.3 is 5.11 Å². The van der Waals surface area contributed by atoms with Gasteiger partial charge >= 0.3 is 5.97 Å². The fourth-order valence-corrected chi connectivity index (χ4v) is 1.39. The molecular weight excluding hydrogens is 198 g/mol. The topological polar surface area (TPSA) is 85.1 Å². The van der Waals surface area contributed by atoms with Crippen LogP contribution < -0.4 is 5.56 Å². The van der Waals surface area contributed by atoms with Gasteiger partial charge in [0.1, 0.15) is 12.0 Å². The predicted octanol–water partition coefficient (Wildman–Crippen LogP) is -0.00960. The molecule has 6 nitrogen and oxygen atoms in total. The maximum atomic E-state index is 11.7. The molecule has 0 radical (unpaired) electrons. The molecule has 80 valence electrons. The third-order valence-corrected chi connectivity index (χ3v) is 2.35. The smallest absolute Gasteiger partial charge is 0.303 e. The van der Waals surface area contributed by atoms with Crippen LogP contribution in [0.5, 0.6) is 0 Å². The Morgan fingerprint density at radius 2 is 2.33 bits per heavy atom. The van der Waals surface area contributed by atoms with Crippen molar-refractivity contribution in [2.24, 2.45) is 0 Å². The molecule has 0 saturated heterocycles. The Morgan fingerprint density at radius 3 is 2.93 bits per heavy atom. The lowest BCUT2D eigenvalue weighted by molar-refractivity contribution is -0.136. The first-order chi connectivity index (χ1) is 7.18. The molecule has 15 heavy (non-hydrogen) atoms. The monoisotopic (exact) mass is 209 g/mol. The van der Waals surface area contributed by atoms with E-state index in [1.807, 2.05) is 0 Å². The van der Waals surface area contributed by atoms with E-state index in [0.717, 1.165) is 12.8 Å². The summed E-state index contributed by atoms with van der Waals surface area (Å²) in [7, 11) is 0. The lowest BCUT2D eigenvalue weighted by Gasteiger charge is -2.02. The van der Waals surface area contributed by atoms with Crippen LogP contribution >= 0.6 is 0 Å². The third kappa shape index (κ3) is 2.20. The van der Waals surface area contributed by atoms with Crippen molar-refractivity contribution in [2.45, 2.75) is 31.7 Å². The first-order valence-corrected chi connectivity index (χ1v) is 4.83. The van der Waals surface area contributed by atoms with Crippen molar-refractivity contribution in [3.63, 3.8) is 0 Å². The molecule has 1 heterocycles. The number of aryl methyl sites for hydroxylation is 1. The number of rotatable bonds is 4. The van der Waals surface area contributed by atoms with Gasteiger partial charge in [0.05, 0.1) is 6.42 Å². The molecule has 0 aromatic carbocycles. The second kappa shape index (κ2) is 3.80. The maximum Gasteiger partial charge on any atom is 0.303 e. The zero-order valence-corrected chi connectivity index (χ0v) is 8.09. The van der Waals surface area contributed by atoms with Crippen LogP contribution in [0.15, 0.2) is 11.1 Å². The highest BCUT2D eigenvalue weighted by atomic mass is 16.4. The van der Waals surface area contributed by atoms with Crippen molar-refractivity contribution in [1.29, 1.82) is 0 Å². The van der Waals surface area contributed by atoms with E-state index in [1.165, 1.54) is 6.33 Å². The Bertz CT molecular complexity index is 436. The molecule has 0 aliphatic heterocycles. The summed E-state index contributed by atoms with van der Waals surface area (Å²) >= 11 is 0. The molecular formula is C9H11N3O3. The molecule has 1 fully saturated rings. The van der Waals surface area contributed by atoms with E-state index in [1.54, 1.807) is 4.57 Å². The highest BCUT2D eigenvalue weighted by molar-refractivity contribution is 5.66. The highest BCUT2D eigenvalue weighted by Crippen LogP contribution is 2.32. The van der Waals surface area contributed by atoms with Crippen molar-refractivity contribution < 1.29 is 9.90 Å². The zero-order chi connectivity index (χ0) is 10.8. The summed E-state index contributed by atoms with van der Waals surface area (Å²) in [6.07, 6.45) is 3.46. The standard InChI is InChI=1S/C9H11N3O3/c13-8(14)4-3-7-9(15)12(5-10-11-7)6-1-2-6/h5-6H,1-4H2,(H,13,14). The van der Waals surface area contributed by atoms with Gasteiger partial charge in [-0.25, -0.2) is 0 Å². The summed E-state index contributed by atoms with van der Waals surface area (Å²) in [4.78, 5) is 22.1. The van der Waals surface area contributed by atoms with E-state index in [4.69, 9.17) is 5.11 Å². The largest absolute Gasteiger partial charge is 0.481 e. The Kier molecular flexibility index (Phi) is 2.49. The van der Waals surface area contributed by atoms with Crippen LogP contribution in [0.4, 0.5) is 0 Å². The van der Waals surface area contributed by atoms with E-state index in [9.17, 15) is 9.59 Å². The van der Waals surface area contributed by atoms with Gasteiger partial charge in [0.15, 0.2) is 0 Å². The van der Waals surface area contributed by atoms with Crippen LogP contribution in [0.3, 0.4) is 0 Å². The van der Waals surface area contributed by atoms with Crippen molar-refractivity contribution in [2.75, 3.05) is 0 Å². The van der Waals surface area contributed by atoms with Gasteiger partial charge in [0.2, 0.25) is 0 Å². The second-order valence-corrected chi connectivity index (χ2v) is 3.61. The highest BCUT2D eigenvalue weighted by Gasteiger charge is 2.25. The molecule has 1 aromatic rings. The zero-order valence-electron chi connectivity index (χ0n) is 8.09. The number of aromatic nitrogens is 3. The molecule has 0 unspecified atom stereocenters. The molecule has 1 aliphatic carbocycles. The van der Waals surface area contributed by atoms with Crippen LogP contribution in [-0.4, -0.2) is 25.8 Å². The van der Waals surface area contributed by atoms with Crippen LogP contribution in [0, 0.1) is 0 Å². The first-order valence-electron chi connectivity index (χ1n) is 4.83. The third-order valence-electron chi connectivity index (χ3n) is 2.35. The number of carboxylic acids is 1. The molecule has 0 bridgehead atoms. The molecule has 1 N–H and O–H groups in total. The van der Waals surface area contributed by atoms with Gasteiger partial charge in [-0.15, -0.1) is 10.2 Å². The minimum atomic E-state index is -0.932. The summed E-state index contributed by atoms with van der Waals surface area (Å²) < 4.78 is 1.55. The van der Waals surface area contributed by atoms with Gasteiger partial charge in [-0.2, -0.15) is 0 Å². The Balaban J connectivity index is 2.20. The van der Waals surface area contributed by atoms with Gasteiger partial charge in [-0.3, -0.25) is 14.2 Å². The average Bonchev–Trinajstić information content (AvgIpc) is 2.99. The minimum absolute atomic E-state index is 0.0847. The minimum Gasteiger partial charge on any atom is -0.481 e. The SMILES string of the molecule is O=C(O)CCc1nncn(C2CC2)c1=O. The second-order valence-electron chi connectivity index (χ2n) is 3.61. The van der Waals surface area contributed by atoms with Crippen molar-refractivity contribution >= 4 is 5.97 Å². The average molecular weight is 209 g/mol. The number of carbonyl (C=O) groups is 1. The normalized spacial score (nSPS) is 15.2. The van der Waals surface area contributed by atoms with Gasteiger partial charge in [0.25, 0.3) is 5.56 Å². The summed E-state index contributed by atoms with van der Waals surface area (Å²) in [5, 5.41) is 15.9. The molecule has 2 rings (SSSR count). The van der Waals surface area contributed by atoms with Gasteiger partial charge in [0, 0.05) is 12.5 Å². The van der Waals surface area contributed by atoms with E-state index < -0.39 is 5.97 Å². The van der Waals surface area contributed by atoms with E-state index >= 15 is 0 Å². The van der Waals surface area contributed by atoms with Crippen LogP contribution in [0.25, 0.3) is 0 Å². The number of hydrogen-bond acceptors (Lipinski definition) is 4. The molecule has 0 amide bonds. The Labute approximate surface area is 85.6 Å². The summed E-state index contributed by atoms with van der Waals surface area (Å²) in [6, 6.07) is 0.247. The lowest BCUT2D eigenvalue weighted by Crippen LogP contribution is -2.25. The van der Waals surface area contributed by atoms with Gasteiger partial charge in [-0.05, 0) is 12.8 Å². The number of carboxylic acid groups (broad SMARTS) is 1. The lowest BCUT2D eigenvalue weighted by atomic mass is 10.2. The van der Waals surface area contributed by atoms with Crippen molar-refractivity contribution in [1.82, 2.24) is 14.8 Å². The number of nitrogens with zero attached hydrogens (tertiary/aromatic N) is 3. The molecule has 6 heteroatoms. The van der Waals surface area contributed by atoms with Crippen LogP contribution in [0.1, 0.15) is 31.0 Å². The summed E-state index contributed by atoms with van der Waals surface area (Å²) in [6.45, 7) is 0. The summed E-state index contributed by atoms with van der Waals surface area (Å²) in [5.41, 5.74) is 0.0422. The number of aliphatic carboxylic acids is 1. The molecule has 1 aliphatic rings. The maximum absolute atomic E-state index is 11.7. The molecule has 0 spiro atoms. The molecule has 1 aromatic heterocycles. The van der Waals surface area contributed by atoms with E-state index in [-0.39, 0.29) is 30.1 Å². The van der Waals surface area contributed by atoms with Crippen LogP contribution in [-0.2, 0) is 11.2 Å². The fraction of sp³-hybridized carbons (Fsp3) is 0.556. The molecule has 0 atom stereocenters. The van der Waals surface area contributed by atoms with Crippen molar-refractivity contribution in [3.05, 3.63) is 22.4 Å². The van der Waals surface area contributed by atoms with Crippen LogP contribution in [0.2, 0.25) is 0 Å². The van der Waals surface area contributed by atoms with E-state index in [0.29, 0.717) is 0 Å². The van der Waals surface area contributed by atoms with Crippen molar-refractivity contribution in [3.8, 4) is 0 Å².